The second-order valence-corrected chi connectivity index (χ2v) is 5.27. The zero-order valence-corrected chi connectivity index (χ0v) is 14.1. The van der Waals surface area contributed by atoms with Crippen LogP contribution < -0.4 is 15.5 Å². The number of hydrogen-bond acceptors (Lipinski definition) is 5. The quantitative estimate of drug-likeness (QED) is 0.378. The number of nitrogens with one attached hydrogen (secondary N) is 2. The summed E-state index contributed by atoms with van der Waals surface area (Å²) in [7, 11) is 0. The number of carboxylic acids is 1. The average molecular weight is 376 g/mol. The molecule has 0 aliphatic carbocycles. The normalized spacial score (nSPS) is 10.5. The van der Waals surface area contributed by atoms with Gasteiger partial charge in [-0.05, 0) is 24.1 Å². The predicted octanol–water partition coefficient (Wildman–Crippen LogP) is 1.43. The number of ether oxygens (including phenoxy) is 1. The molecule has 10 heteroatoms. The zero-order valence-electron chi connectivity index (χ0n) is 12.6. The summed E-state index contributed by atoms with van der Waals surface area (Å²) in [5.41, 5.74) is 2.48. The maximum Gasteiger partial charge on any atom is 0.341 e. The van der Waals surface area contributed by atoms with Gasteiger partial charge in [-0.1, -0.05) is 30.1 Å². The van der Waals surface area contributed by atoms with Crippen LogP contribution in [0.3, 0.4) is 0 Å². The third-order valence-corrected chi connectivity index (χ3v) is 3.04. The summed E-state index contributed by atoms with van der Waals surface area (Å²) >= 11 is 11.9. The molecule has 130 valence electrons. The molecule has 0 fully saturated rings. The van der Waals surface area contributed by atoms with Crippen molar-refractivity contribution >= 4 is 47.2 Å². The van der Waals surface area contributed by atoms with Gasteiger partial charge in [0.1, 0.15) is 0 Å². The lowest BCUT2D eigenvalue weighted by atomic mass is 10.2. The second-order valence-electron chi connectivity index (χ2n) is 4.45. The summed E-state index contributed by atoms with van der Waals surface area (Å²) in [5, 5.41) is 14.8. The molecule has 8 nitrogen and oxygen atoms in total. The van der Waals surface area contributed by atoms with Gasteiger partial charge in [0.05, 0.1) is 16.3 Å². The van der Waals surface area contributed by atoms with Gasteiger partial charge in [0.25, 0.3) is 0 Å². The van der Waals surface area contributed by atoms with Gasteiger partial charge in [0.15, 0.2) is 12.4 Å². The summed E-state index contributed by atoms with van der Waals surface area (Å²) in [4.78, 5) is 33.2. The van der Waals surface area contributed by atoms with E-state index in [4.69, 9.17) is 33.0 Å². The Balaban J connectivity index is 2.70. The summed E-state index contributed by atoms with van der Waals surface area (Å²) in [6.07, 6.45) is 1.93. The van der Waals surface area contributed by atoms with Gasteiger partial charge in [-0.15, -0.1) is 0 Å². The highest BCUT2D eigenvalue weighted by atomic mass is 35.5. The molecular formula is C14H15Cl2N3O5. The van der Waals surface area contributed by atoms with Gasteiger partial charge in [-0.2, -0.15) is 5.10 Å². The molecule has 1 rings (SSSR count). The highest BCUT2D eigenvalue weighted by molar-refractivity contribution is 6.37. The molecule has 2 amide bonds. The minimum Gasteiger partial charge on any atom is -0.479 e. The van der Waals surface area contributed by atoms with Crippen LogP contribution >= 0.6 is 23.2 Å². The van der Waals surface area contributed by atoms with Gasteiger partial charge in [-0.3, -0.25) is 9.59 Å². The lowest BCUT2D eigenvalue weighted by molar-refractivity contribution is -0.139. The number of aliphatic carboxylic acids is 1. The predicted molar refractivity (Wildman–Crippen MR) is 88.6 cm³/mol. The van der Waals surface area contributed by atoms with Crippen LogP contribution in [0.15, 0.2) is 17.2 Å². The number of carbonyl (C=O) groups excluding carboxylic acids is 2. The zero-order chi connectivity index (χ0) is 18.1. The van der Waals surface area contributed by atoms with Crippen molar-refractivity contribution in [3.63, 3.8) is 0 Å². The molecule has 0 spiro atoms. The fourth-order valence-electron chi connectivity index (χ4n) is 1.46. The van der Waals surface area contributed by atoms with Crippen LogP contribution in [-0.4, -0.2) is 42.3 Å². The Morgan fingerprint density at radius 3 is 2.42 bits per heavy atom. The first-order chi connectivity index (χ1) is 11.3. The highest BCUT2D eigenvalue weighted by Gasteiger charge is 2.12. The van der Waals surface area contributed by atoms with Crippen molar-refractivity contribution in [3.05, 3.63) is 27.7 Å². The molecule has 0 atom stereocenters. The van der Waals surface area contributed by atoms with Gasteiger partial charge in [0, 0.05) is 6.54 Å². The number of benzene rings is 1. The van der Waals surface area contributed by atoms with Crippen LogP contribution in [0.25, 0.3) is 0 Å². The SMILES string of the molecule is CCCNC(=O)C(=O)N/N=C\c1cc(Cl)c(OCC(=O)O)c(Cl)c1. The number of hydrogen-bond donors (Lipinski definition) is 3. The Labute approximate surface area is 147 Å². The number of amides is 2. The van der Waals surface area contributed by atoms with Crippen molar-refractivity contribution in [1.29, 1.82) is 0 Å². The highest BCUT2D eigenvalue weighted by Crippen LogP contribution is 2.33. The van der Waals surface area contributed by atoms with Crippen molar-refractivity contribution < 1.29 is 24.2 Å². The Kier molecular flexibility index (Phi) is 8.00. The standard InChI is InChI=1S/C14H15Cl2N3O5/c1-2-3-17-13(22)14(23)19-18-6-8-4-9(15)12(10(16)5-8)24-7-11(20)21/h4-6H,2-3,7H2,1H3,(H,17,22)(H,19,23)(H,20,21)/b18-6-. The monoisotopic (exact) mass is 375 g/mol. The Morgan fingerprint density at radius 1 is 1.25 bits per heavy atom. The van der Waals surface area contributed by atoms with E-state index in [1.807, 2.05) is 6.92 Å². The molecule has 0 saturated carbocycles. The summed E-state index contributed by atoms with van der Waals surface area (Å²) in [6.45, 7) is 1.66. The molecule has 0 aliphatic heterocycles. The van der Waals surface area contributed by atoms with Crippen LogP contribution in [0.4, 0.5) is 0 Å². The van der Waals surface area contributed by atoms with Crippen molar-refractivity contribution in [2.45, 2.75) is 13.3 Å². The van der Waals surface area contributed by atoms with E-state index < -0.39 is 24.4 Å². The van der Waals surface area contributed by atoms with E-state index in [0.717, 1.165) is 0 Å². The van der Waals surface area contributed by atoms with Crippen LogP contribution in [0.5, 0.6) is 5.75 Å². The van der Waals surface area contributed by atoms with Gasteiger partial charge in [0.2, 0.25) is 0 Å². The molecule has 24 heavy (non-hydrogen) atoms. The van der Waals surface area contributed by atoms with E-state index >= 15 is 0 Å². The molecule has 0 saturated heterocycles. The van der Waals surface area contributed by atoms with Crippen molar-refractivity contribution in [2.24, 2.45) is 5.10 Å². The molecule has 0 radical (unpaired) electrons. The topological polar surface area (TPSA) is 117 Å². The molecule has 1 aromatic rings. The molecule has 0 unspecified atom stereocenters. The summed E-state index contributed by atoms with van der Waals surface area (Å²) < 4.78 is 4.97. The molecule has 3 N–H and O–H groups in total. The number of hydrazone groups is 1. The fraction of sp³-hybridized carbons (Fsp3) is 0.286. The molecule has 0 aromatic heterocycles. The first-order valence-electron chi connectivity index (χ1n) is 6.80. The van der Waals surface area contributed by atoms with Gasteiger partial charge >= 0.3 is 17.8 Å². The molecule has 0 bridgehead atoms. The maximum atomic E-state index is 11.4. The number of rotatable bonds is 7. The molecule has 0 aliphatic rings. The molecular weight excluding hydrogens is 361 g/mol. The second kappa shape index (κ2) is 9.74. The first-order valence-corrected chi connectivity index (χ1v) is 7.55. The minimum atomic E-state index is -1.17. The van der Waals surface area contributed by atoms with Crippen LogP contribution in [0, 0.1) is 0 Å². The van der Waals surface area contributed by atoms with Crippen LogP contribution in [0.2, 0.25) is 10.0 Å². The first kappa shape index (κ1) is 19.7. The number of nitrogens with zero attached hydrogens (tertiary/aromatic N) is 1. The van der Waals surface area contributed by atoms with Crippen LogP contribution in [-0.2, 0) is 14.4 Å². The van der Waals surface area contributed by atoms with Crippen molar-refractivity contribution in [1.82, 2.24) is 10.7 Å². The lowest BCUT2D eigenvalue weighted by Gasteiger charge is -2.08. The number of carbonyl (C=O) groups is 3. The largest absolute Gasteiger partial charge is 0.479 e. The summed E-state index contributed by atoms with van der Waals surface area (Å²) in [5.74, 6) is -2.83. The molecule has 0 heterocycles. The van der Waals surface area contributed by atoms with Crippen molar-refractivity contribution in [3.8, 4) is 5.75 Å². The Morgan fingerprint density at radius 2 is 1.88 bits per heavy atom. The number of carboxylic acid groups (broad SMARTS) is 1. The Bertz CT molecular complexity index is 641. The van der Waals surface area contributed by atoms with E-state index in [9.17, 15) is 14.4 Å². The van der Waals surface area contributed by atoms with E-state index in [0.29, 0.717) is 18.5 Å². The van der Waals surface area contributed by atoms with Crippen LogP contribution in [0.1, 0.15) is 18.9 Å². The van der Waals surface area contributed by atoms with Gasteiger partial charge < -0.3 is 15.2 Å². The maximum absolute atomic E-state index is 11.4. The van der Waals surface area contributed by atoms with Gasteiger partial charge in [-0.25, -0.2) is 10.2 Å². The van der Waals surface area contributed by atoms with E-state index in [2.05, 4.69) is 15.8 Å². The lowest BCUT2D eigenvalue weighted by Crippen LogP contribution is -2.38. The Hall–Kier alpha value is -2.32. The smallest absolute Gasteiger partial charge is 0.341 e. The molecule has 1 aromatic carbocycles. The van der Waals surface area contributed by atoms with E-state index in [-0.39, 0.29) is 15.8 Å². The number of halogens is 2. The van der Waals surface area contributed by atoms with E-state index in [1.165, 1.54) is 18.3 Å². The van der Waals surface area contributed by atoms with Crippen molar-refractivity contribution in [2.75, 3.05) is 13.2 Å². The summed E-state index contributed by atoms with van der Waals surface area (Å²) in [6, 6.07) is 2.83. The average Bonchev–Trinajstić information content (AvgIpc) is 2.51. The van der Waals surface area contributed by atoms with E-state index in [1.54, 1.807) is 0 Å². The third-order valence-electron chi connectivity index (χ3n) is 2.48. The third kappa shape index (κ3) is 6.43. The minimum absolute atomic E-state index is 0.0286. The fourth-order valence-corrected chi connectivity index (χ4v) is 2.07.